The van der Waals surface area contributed by atoms with Crippen LogP contribution in [0.3, 0.4) is 0 Å². The molecule has 0 saturated carbocycles. The van der Waals surface area contributed by atoms with Gasteiger partial charge in [0.2, 0.25) is 17.7 Å². The number of nitrogens with zero attached hydrogens (tertiary/aromatic N) is 4. The van der Waals surface area contributed by atoms with Gasteiger partial charge in [0.1, 0.15) is 5.65 Å². The van der Waals surface area contributed by atoms with Crippen LogP contribution in [0, 0.1) is 0 Å². The molecule has 0 spiro atoms. The van der Waals surface area contributed by atoms with Crippen molar-refractivity contribution < 1.29 is 14.3 Å². The van der Waals surface area contributed by atoms with Crippen LogP contribution in [0.5, 0.6) is 5.88 Å². The van der Waals surface area contributed by atoms with Gasteiger partial charge in [0.15, 0.2) is 0 Å². The zero-order valence-corrected chi connectivity index (χ0v) is 30.8. The van der Waals surface area contributed by atoms with Crippen LogP contribution in [0.2, 0.25) is 10.0 Å². The molecule has 0 aliphatic carbocycles. The summed E-state index contributed by atoms with van der Waals surface area (Å²) in [4.78, 5) is 47.9. The first-order valence-corrected chi connectivity index (χ1v) is 18.4. The smallest absolute Gasteiger partial charge is 0.262 e. The third-order valence-electron chi connectivity index (χ3n) is 9.62. The van der Waals surface area contributed by atoms with Gasteiger partial charge in [0, 0.05) is 104 Å². The number of piperazine rings is 1. The molecule has 2 aliphatic heterocycles. The first-order valence-electron chi connectivity index (χ1n) is 17.6. The van der Waals surface area contributed by atoms with Gasteiger partial charge >= 0.3 is 0 Å². The van der Waals surface area contributed by atoms with Crippen molar-refractivity contribution in [3.8, 4) is 39.4 Å². The molecule has 5 heterocycles. The quantitative estimate of drug-likeness (QED) is 0.130. The molecule has 14 heteroatoms. The first kappa shape index (κ1) is 36.5. The molecule has 53 heavy (non-hydrogen) atoms. The summed E-state index contributed by atoms with van der Waals surface area (Å²) in [5.74, 6) is 0.618. The molecular weight excluding hydrogens is 715 g/mol. The van der Waals surface area contributed by atoms with Crippen LogP contribution in [0.1, 0.15) is 24.0 Å². The van der Waals surface area contributed by atoms with E-state index in [1.54, 1.807) is 19.5 Å². The fourth-order valence-corrected chi connectivity index (χ4v) is 7.45. The Morgan fingerprint density at radius 2 is 1.66 bits per heavy atom. The lowest BCUT2D eigenvalue weighted by atomic mass is 9.97. The second kappa shape index (κ2) is 16.4. The average molecular weight is 756 g/mol. The van der Waals surface area contributed by atoms with E-state index in [-0.39, 0.29) is 23.4 Å². The number of halogens is 2. The third kappa shape index (κ3) is 8.22. The number of pyridine rings is 2. The van der Waals surface area contributed by atoms with Crippen LogP contribution >= 0.6 is 23.2 Å². The van der Waals surface area contributed by atoms with E-state index in [0.29, 0.717) is 78.5 Å². The van der Waals surface area contributed by atoms with Crippen molar-refractivity contribution in [3.63, 3.8) is 0 Å². The van der Waals surface area contributed by atoms with Crippen LogP contribution in [-0.4, -0.2) is 83.5 Å². The van der Waals surface area contributed by atoms with E-state index >= 15 is 0 Å². The van der Waals surface area contributed by atoms with Gasteiger partial charge in [-0.2, -0.15) is 0 Å². The van der Waals surface area contributed by atoms with Crippen molar-refractivity contribution in [3.05, 3.63) is 105 Å². The molecule has 2 aliphatic rings. The van der Waals surface area contributed by atoms with E-state index in [4.69, 9.17) is 32.9 Å². The molecule has 7 rings (SSSR count). The second-order valence-corrected chi connectivity index (χ2v) is 13.9. The molecule has 4 N–H and O–H groups in total. The number of fused-ring (bicyclic) bond motifs is 1. The number of nitrogens with one attached hydrogen (secondary N) is 4. The van der Waals surface area contributed by atoms with Crippen LogP contribution in [0.15, 0.2) is 77.9 Å². The molecule has 2 fully saturated rings. The predicted octanol–water partition coefficient (Wildman–Crippen LogP) is 4.30. The van der Waals surface area contributed by atoms with Gasteiger partial charge in [-0.15, -0.1) is 0 Å². The maximum absolute atomic E-state index is 13.3. The lowest BCUT2D eigenvalue weighted by Gasteiger charge is -2.26. The number of carbonyl (C=O) groups excluding carboxylic acids is 2. The Morgan fingerprint density at radius 3 is 2.42 bits per heavy atom. The van der Waals surface area contributed by atoms with E-state index in [1.165, 1.54) is 4.40 Å². The number of ether oxygens (including phenoxy) is 1. The molecule has 3 aromatic heterocycles. The van der Waals surface area contributed by atoms with Crippen LogP contribution in [0.25, 0.3) is 39.2 Å². The highest BCUT2D eigenvalue weighted by Crippen LogP contribution is 2.42. The minimum atomic E-state index is -0.150. The Labute approximate surface area is 316 Å². The van der Waals surface area contributed by atoms with Crippen molar-refractivity contribution in [2.24, 2.45) is 0 Å². The fraction of sp³-hybridized carbons (Fsp3) is 0.308. The third-order valence-corrected chi connectivity index (χ3v) is 10.4. The largest absolute Gasteiger partial charge is 0.481 e. The minimum absolute atomic E-state index is 0.0359. The van der Waals surface area contributed by atoms with Crippen molar-refractivity contribution in [2.45, 2.75) is 32.0 Å². The first-order chi connectivity index (χ1) is 25.8. The van der Waals surface area contributed by atoms with Crippen molar-refractivity contribution >= 4 is 40.7 Å². The molecule has 2 saturated heterocycles. The highest BCUT2D eigenvalue weighted by atomic mass is 35.5. The number of carbonyl (C=O) groups is 2. The zero-order valence-electron chi connectivity index (χ0n) is 29.3. The minimum Gasteiger partial charge on any atom is -0.481 e. The van der Waals surface area contributed by atoms with Crippen LogP contribution in [0.4, 0.5) is 0 Å². The average Bonchev–Trinajstić information content (AvgIpc) is 3.59. The standard InChI is InChI=1S/C39H40Cl2N8O4/c1-53-38-25(19-43-22-27-9-11-34(50)46-27)8-10-32(47-38)31-7-3-6-30(37(31)41)29-5-2-4-28(36(29)40)24-12-15-49-33(18-24)45-21-26(39(49)52)20-42-13-16-48-17-14-44-35(51)23-48/h2-8,10,12,15,18,21,27,42-43H,9,11,13-14,16-17,19-20,22-23H2,1H3,(H,44,51)(H,46,50)/t27-/m0/s1. The number of methoxy groups -OCH3 is 1. The van der Waals surface area contributed by atoms with Gasteiger partial charge in [-0.3, -0.25) is 23.7 Å². The Balaban J connectivity index is 1.07. The predicted molar refractivity (Wildman–Crippen MR) is 206 cm³/mol. The number of hydrogen-bond donors (Lipinski definition) is 4. The van der Waals surface area contributed by atoms with Crippen molar-refractivity contribution in [2.75, 3.05) is 46.4 Å². The summed E-state index contributed by atoms with van der Waals surface area (Å²) in [6.07, 6.45) is 4.72. The van der Waals surface area contributed by atoms with Gasteiger partial charge < -0.3 is 26.0 Å². The molecule has 1 atom stereocenters. The summed E-state index contributed by atoms with van der Waals surface area (Å²) in [5.41, 5.74) is 6.26. The van der Waals surface area contributed by atoms with Gasteiger partial charge in [-0.05, 0) is 30.2 Å². The summed E-state index contributed by atoms with van der Waals surface area (Å²) in [6, 6.07) is 19.3. The number of aromatic nitrogens is 3. The zero-order chi connectivity index (χ0) is 36.9. The number of amides is 2. The Bertz CT molecular complexity index is 2230. The molecule has 0 unspecified atom stereocenters. The van der Waals surface area contributed by atoms with Crippen LogP contribution in [-0.2, 0) is 22.7 Å². The Morgan fingerprint density at radius 1 is 0.906 bits per heavy atom. The molecule has 0 radical (unpaired) electrons. The topological polar surface area (TPSA) is 142 Å². The molecule has 2 amide bonds. The summed E-state index contributed by atoms with van der Waals surface area (Å²) in [5, 5.41) is 13.5. The van der Waals surface area contributed by atoms with E-state index in [2.05, 4.69) is 31.2 Å². The molecule has 2 aromatic carbocycles. The summed E-state index contributed by atoms with van der Waals surface area (Å²) >= 11 is 14.2. The van der Waals surface area contributed by atoms with Crippen molar-refractivity contribution in [1.82, 2.24) is 40.5 Å². The monoisotopic (exact) mass is 754 g/mol. The van der Waals surface area contributed by atoms with Gasteiger partial charge in [0.05, 0.1) is 29.4 Å². The molecule has 274 valence electrons. The molecule has 0 bridgehead atoms. The fourth-order valence-electron chi connectivity index (χ4n) is 6.79. The normalized spacial score (nSPS) is 16.2. The Kier molecular flexibility index (Phi) is 11.3. The van der Waals surface area contributed by atoms with Crippen molar-refractivity contribution in [1.29, 1.82) is 0 Å². The SMILES string of the molecule is COc1nc(-c2cccc(-c3cccc(-c4ccn5c(=O)c(CNCCN6CCNC(=O)C6)cnc5c4)c3Cl)c2Cl)ccc1CNC[C@@H]1CCC(=O)N1. The van der Waals surface area contributed by atoms with E-state index in [0.717, 1.165) is 52.9 Å². The number of hydrogen-bond acceptors (Lipinski definition) is 9. The molecular formula is C39H40Cl2N8O4. The second-order valence-electron chi connectivity index (χ2n) is 13.2. The lowest BCUT2D eigenvalue weighted by Crippen LogP contribution is -2.49. The Hall–Kier alpha value is -4.85. The van der Waals surface area contributed by atoms with E-state index in [9.17, 15) is 14.4 Å². The van der Waals surface area contributed by atoms with Gasteiger partial charge in [0.25, 0.3) is 5.56 Å². The van der Waals surface area contributed by atoms with Gasteiger partial charge in [-0.1, -0.05) is 65.7 Å². The van der Waals surface area contributed by atoms with E-state index < -0.39 is 0 Å². The van der Waals surface area contributed by atoms with E-state index in [1.807, 2.05) is 60.7 Å². The summed E-state index contributed by atoms with van der Waals surface area (Å²) < 4.78 is 7.18. The summed E-state index contributed by atoms with van der Waals surface area (Å²) in [6.45, 7) is 4.80. The highest BCUT2D eigenvalue weighted by Gasteiger charge is 2.21. The molecule has 5 aromatic rings. The number of benzene rings is 2. The lowest BCUT2D eigenvalue weighted by molar-refractivity contribution is -0.124. The maximum Gasteiger partial charge on any atom is 0.262 e. The number of rotatable bonds is 13. The maximum atomic E-state index is 13.3. The molecule has 12 nitrogen and oxygen atoms in total. The summed E-state index contributed by atoms with van der Waals surface area (Å²) in [7, 11) is 1.59. The van der Waals surface area contributed by atoms with Gasteiger partial charge in [-0.25, -0.2) is 9.97 Å². The van der Waals surface area contributed by atoms with Crippen LogP contribution < -0.4 is 31.6 Å². The highest BCUT2D eigenvalue weighted by molar-refractivity contribution is 6.39.